The predicted molar refractivity (Wildman–Crippen MR) is 208 cm³/mol. The van der Waals surface area contributed by atoms with Gasteiger partial charge in [0.05, 0.1) is 16.7 Å². The Balaban J connectivity index is 1.24. The molecule has 3 heterocycles. The number of aromatic nitrogens is 1. The molecule has 0 spiro atoms. The molecule has 1 aromatic heterocycles. The molecule has 50 heavy (non-hydrogen) atoms. The number of aryl methyl sites for hydroxylation is 4. The molecule has 0 saturated carbocycles. The molecule has 10 rings (SSSR count). The molecule has 4 heteroatoms. The van der Waals surface area contributed by atoms with E-state index < -0.39 is 0 Å². The molecule has 0 aliphatic carbocycles. The topological polar surface area (TPSA) is 23.4 Å². The van der Waals surface area contributed by atoms with Gasteiger partial charge in [0.15, 0.2) is 0 Å². The number of benzene rings is 7. The first-order valence-electron chi connectivity index (χ1n) is 17.4. The van der Waals surface area contributed by atoms with Crippen molar-refractivity contribution < 1.29 is 9.47 Å². The second kappa shape index (κ2) is 10.8. The zero-order valence-electron chi connectivity index (χ0n) is 28.5. The molecular formula is C46H34BNO2. The molecule has 238 valence electrons. The Morgan fingerprint density at radius 2 is 0.900 bits per heavy atom. The molecule has 2 aliphatic heterocycles. The lowest BCUT2D eigenvalue weighted by Crippen LogP contribution is -2.57. The Bertz CT molecular complexity index is 2510. The van der Waals surface area contributed by atoms with E-state index in [9.17, 15) is 0 Å². The highest BCUT2D eigenvalue weighted by Crippen LogP contribution is 2.42. The molecule has 0 saturated heterocycles. The summed E-state index contributed by atoms with van der Waals surface area (Å²) in [7, 11) is 0. The third-order valence-corrected chi connectivity index (χ3v) is 10.6. The van der Waals surface area contributed by atoms with Crippen LogP contribution in [0.4, 0.5) is 0 Å². The summed E-state index contributed by atoms with van der Waals surface area (Å²) >= 11 is 0. The molecule has 0 unspecified atom stereocenters. The average Bonchev–Trinajstić information content (AvgIpc) is 3.46. The predicted octanol–water partition coefficient (Wildman–Crippen LogP) is 10.1. The Morgan fingerprint density at radius 1 is 0.440 bits per heavy atom. The van der Waals surface area contributed by atoms with Crippen LogP contribution in [-0.4, -0.2) is 11.3 Å². The van der Waals surface area contributed by atoms with Crippen LogP contribution >= 0.6 is 0 Å². The first-order chi connectivity index (χ1) is 24.4. The maximum absolute atomic E-state index is 6.96. The van der Waals surface area contributed by atoms with E-state index in [0.29, 0.717) is 0 Å². The first kappa shape index (κ1) is 29.0. The van der Waals surface area contributed by atoms with E-state index in [1.807, 2.05) is 0 Å². The Kier molecular flexibility index (Phi) is 6.23. The maximum atomic E-state index is 6.96. The lowest BCUT2D eigenvalue weighted by Gasteiger charge is -2.34. The van der Waals surface area contributed by atoms with Crippen molar-refractivity contribution in [2.24, 2.45) is 0 Å². The van der Waals surface area contributed by atoms with Gasteiger partial charge >= 0.3 is 0 Å². The van der Waals surface area contributed by atoms with Crippen molar-refractivity contribution in [1.82, 2.24) is 4.57 Å². The lowest BCUT2D eigenvalue weighted by atomic mass is 9.34. The smallest absolute Gasteiger partial charge is 0.260 e. The Morgan fingerprint density at radius 3 is 1.36 bits per heavy atom. The van der Waals surface area contributed by atoms with Crippen LogP contribution < -0.4 is 25.9 Å². The highest BCUT2D eigenvalue weighted by Gasteiger charge is 2.41. The number of hydrogen-bond donors (Lipinski definition) is 0. The molecule has 8 aromatic rings. The van der Waals surface area contributed by atoms with E-state index in [1.54, 1.807) is 0 Å². The third-order valence-electron chi connectivity index (χ3n) is 10.6. The molecular weight excluding hydrogens is 609 g/mol. The van der Waals surface area contributed by atoms with Crippen LogP contribution in [0.3, 0.4) is 0 Å². The van der Waals surface area contributed by atoms with Crippen LogP contribution in [0.15, 0.2) is 133 Å². The van der Waals surface area contributed by atoms with Gasteiger partial charge in [-0.15, -0.1) is 0 Å². The van der Waals surface area contributed by atoms with Crippen molar-refractivity contribution >= 4 is 44.9 Å². The van der Waals surface area contributed by atoms with E-state index in [4.69, 9.17) is 9.47 Å². The second-order valence-corrected chi connectivity index (χ2v) is 14.0. The molecule has 0 fully saturated rings. The molecule has 0 radical (unpaired) electrons. The van der Waals surface area contributed by atoms with Crippen LogP contribution in [0.1, 0.15) is 22.3 Å². The molecule has 0 bridgehead atoms. The van der Waals surface area contributed by atoms with Crippen LogP contribution in [0, 0.1) is 27.7 Å². The average molecular weight is 644 g/mol. The minimum atomic E-state index is -0.0249. The zero-order chi connectivity index (χ0) is 33.7. The molecule has 0 amide bonds. The van der Waals surface area contributed by atoms with Gasteiger partial charge in [-0.05, 0) is 96.3 Å². The first-order valence-corrected chi connectivity index (χ1v) is 17.4. The summed E-state index contributed by atoms with van der Waals surface area (Å²) in [5.74, 6) is 3.44. The summed E-state index contributed by atoms with van der Waals surface area (Å²) in [6.07, 6.45) is 0. The zero-order valence-corrected chi connectivity index (χ0v) is 28.5. The van der Waals surface area contributed by atoms with Crippen molar-refractivity contribution in [3.8, 4) is 50.9 Å². The van der Waals surface area contributed by atoms with E-state index in [1.165, 1.54) is 55.2 Å². The molecule has 3 nitrogen and oxygen atoms in total. The fraction of sp³-hybridized carbons (Fsp3) is 0.0870. The minimum Gasteiger partial charge on any atom is -0.458 e. The van der Waals surface area contributed by atoms with Crippen LogP contribution in [0.25, 0.3) is 49.7 Å². The molecule has 0 atom stereocenters. The van der Waals surface area contributed by atoms with Gasteiger partial charge in [0.2, 0.25) is 0 Å². The SMILES string of the molecule is Cc1cc(C)c2c(c1)c1cc(C)cc(C)c1n2-c1cc2c3c(c1)Oc1cc(-c4ccccc4)ccc1B3c1ccc(-c3ccccc3)cc1O2. The summed E-state index contributed by atoms with van der Waals surface area (Å²) in [5, 5.41) is 2.54. The van der Waals surface area contributed by atoms with Crippen LogP contribution in [0.2, 0.25) is 0 Å². The Labute approximate surface area is 292 Å². The van der Waals surface area contributed by atoms with Gasteiger partial charge in [0, 0.05) is 28.4 Å². The van der Waals surface area contributed by atoms with Gasteiger partial charge in [0.1, 0.15) is 23.0 Å². The molecule has 7 aromatic carbocycles. The van der Waals surface area contributed by atoms with Crippen molar-refractivity contribution in [3.05, 3.63) is 156 Å². The minimum absolute atomic E-state index is 0.0249. The van der Waals surface area contributed by atoms with Gasteiger partial charge < -0.3 is 14.0 Å². The summed E-state index contributed by atoms with van der Waals surface area (Å²) in [5.41, 5.74) is 16.5. The summed E-state index contributed by atoms with van der Waals surface area (Å²) in [6.45, 7) is 8.79. The van der Waals surface area contributed by atoms with Gasteiger partial charge in [-0.1, -0.05) is 108 Å². The molecule has 0 N–H and O–H groups in total. The lowest BCUT2D eigenvalue weighted by molar-refractivity contribution is 0.464. The highest BCUT2D eigenvalue weighted by molar-refractivity contribution is 6.98. The number of rotatable bonds is 3. The van der Waals surface area contributed by atoms with Gasteiger partial charge in [-0.2, -0.15) is 0 Å². The van der Waals surface area contributed by atoms with Gasteiger partial charge in [0.25, 0.3) is 6.71 Å². The van der Waals surface area contributed by atoms with Crippen molar-refractivity contribution in [1.29, 1.82) is 0 Å². The fourth-order valence-electron chi connectivity index (χ4n) is 8.52. The van der Waals surface area contributed by atoms with E-state index in [0.717, 1.165) is 56.2 Å². The van der Waals surface area contributed by atoms with Crippen molar-refractivity contribution in [2.75, 3.05) is 0 Å². The van der Waals surface area contributed by atoms with E-state index in [2.05, 4.69) is 166 Å². The second-order valence-electron chi connectivity index (χ2n) is 14.0. The van der Waals surface area contributed by atoms with Crippen LogP contribution in [0.5, 0.6) is 23.0 Å². The van der Waals surface area contributed by atoms with Gasteiger partial charge in [-0.25, -0.2) is 0 Å². The van der Waals surface area contributed by atoms with E-state index >= 15 is 0 Å². The van der Waals surface area contributed by atoms with Crippen molar-refractivity contribution in [3.63, 3.8) is 0 Å². The van der Waals surface area contributed by atoms with Crippen LogP contribution in [-0.2, 0) is 0 Å². The maximum Gasteiger partial charge on any atom is 0.260 e. The van der Waals surface area contributed by atoms with Crippen molar-refractivity contribution in [2.45, 2.75) is 27.7 Å². The standard InChI is InChI=1S/C46H34BNO2/c1-27-19-29(3)45-36(21-27)37-22-28(2)20-30(4)46(37)48(45)35-25-42-44-43(26-35)50-41-24-34(32-13-9-6-10-14-32)16-18-39(41)47(44)38-17-15-33(23-40(38)49-42)31-11-7-5-8-12-31/h5-26H,1-4H3. The normalized spacial score (nSPS) is 12.7. The summed E-state index contributed by atoms with van der Waals surface area (Å²) < 4.78 is 16.4. The quantitative estimate of drug-likeness (QED) is 0.179. The number of nitrogens with zero attached hydrogens (tertiary/aromatic N) is 1. The number of ether oxygens (including phenoxy) is 2. The third kappa shape index (κ3) is 4.31. The summed E-state index contributed by atoms with van der Waals surface area (Å²) in [4.78, 5) is 0. The fourth-order valence-corrected chi connectivity index (χ4v) is 8.52. The summed E-state index contributed by atoms with van der Waals surface area (Å²) in [6, 6.07) is 48.1. The van der Waals surface area contributed by atoms with E-state index in [-0.39, 0.29) is 6.71 Å². The van der Waals surface area contributed by atoms with Gasteiger partial charge in [-0.3, -0.25) is 0 Å². The highest BCUT2D eigenvalue weighted by atomic mass is 16.5. The molecule has 2 aliphatic rings. The number of hydrogen-bond acceptors (Lipinski definition) is 2. The Hall–Kier alpha value is -6.00. The largest absolute Gasteiger partial charge is 0.458 e. The monoisotopic (exact) mass is 643 g/mol. The number of fused-ring (bicyclic) bond motifs is 7.